The fraction of sp³-hybridized carbons (Fsp3) is 1.00. The molecule has 2 aliphatic rings. The molecular formula is C18H38N2. The van der Waals surface area contributed by atoms with Crippen LogP contribution in [0.5, 0.6) is 0 Å². The normalized spacial score (nSPS) is 29.6. The smallest absolute Gasteiger partial charge is 0.00672 e. The minimum atomic E-state index is 0. The molecule has 2 heteroatoms. The zero-order valence-corrected chi connectivity index (χ0v) is 14.1. The molecule has 2 rings (SSSR count). The Morgan fingerprint density at radius 1 is 1.00 bits per heavy atom. The van der Waals surface area contributed by atoms with Gasteiger partial charge in [-0.3, -0.25) is 0 Å². The molecule has 0 radical (unpaired) electrons. The van der Waals surface area contributed by atoms with Crippen LogP contribution in [0.15, 0.2) is 0 Å². The van der Waals surface area contributed by atoms with E-state index in [9.17, 15) is 0 Å². The minimum Gasteiger partial charge on any atom is -0.314 e. The molecule has 0 aromatic rings. The molecule has 120 valence electrons. The van der Waals surface area contributed by atoms with Crippen LogP contribution in [0.25, 0.3) is 0 Å². The van der Waals surface area contributed by atoms with Crippen LogP contribution in [0.3, 0.4) is 0 Å². The lowest BCUT2D eigenvalue weighted by Crippen LogP contribution is -2.38. The molecule has 0 aromatic carbocycles. The van der Waals surface area contributed by atoms with Crippen molar-refractivity contribution in [3.63, 3.8) is 0 Å². The molecule has 0 bridgehead atoms. The Balaban J connectivity index is 0.00000220. The average Bonchev–Trinajstić information content (AvgIpc) is 2.44. The zero-order chi connectivity index (χ0) is 14.4. The number of hydrogen-bond acceptors (Lipinski definition) is 2. The zero-order valence-electron chi connectivity index (χ0n) is 14.1. The van der Waals surface area contributed by atoms with E-state index in [0.717, 1.165) is 12.0 Å². The first-order valence-electron chi connectivity index (χ1n) is 9.01. The second-order valence-corrected chi connectivity index (χ2v) is 8.12. The van der Waals surface area contributed by atoms with E-state index in [1.165, 1.54) is 77.5 Å². The molecule has 1 N–H and O–H groups in total. The van der Waals surface area contributed by atoms with Gasteiger partial charge in [0.15, 0.2) is 0 Å². The summed E-state index contributed by atoms with van der Waals surface area (Å²) in [5.74, 6) is 0.939. The van der Waals surface area contributed by atoms with E-state index in [1.54, 1.807) is 0 Å². The van der Waals surface area contributed by atoms with Crippen molar-refractivity contribution in [2.45, 2.75) is 78.2 Å². The van der Waals surface area contributed by atoms with E-state index in [1.807, 2.05) is 0 Å². The molecule has 1 aliphatic heterocycles. The Hall–Kier alpha value is -0.0800. The Morgan fingerprint density at radius 3 is 2.25 bits per heavy atom. The average molecular weight is 283 g/mol. The maximum atomic E-state index is 3.81. The molecule has 0 aromatic heterocycles. The highest BCUT2D eigenvalue weighted by Crippen LogP contribution is 2.37. The van der Waals surface area contributed by atoms with Gasteiger partial charge in [0.25, 0.3) is 0 Å². The highest BCUT2D eigenvalue weighted by Gasteiger charge is 2.29. The summed E-state index contributed by atoms with van der Waals surface area (Å²) >= 11 is 0. The summed E-state index contributed by atoms with van der Waals surface area (Å²) in [5.41, 5.74) is 0.513. The van der Waals surface area contributed by atoms with Gasteiger partial charge in [0.1, 0.15) is 0 Å². The lowest BCUT2D eigenvalue weighted by Gasteiger charge is -2.37. The summed E-state index contributed by atoms with van der Waals surface area (Å²) in [5, 5.41) is 3.81. The molecule has 1 saturated carbocycles. The van der Waals surface area contributed by atoms with Crippen LogP contribution < -0.4 is 5.32 Å². The van der Waals surface area contributed by atoms with Gasteiger partial charge in [-0.2, -0.15) is 0 Å². The van der Waals surface area contributed by atoms with Gasteiger partial charge >= 0.3 is 0 Å². The van der Waals surface area contributed by atoms with Gasteiger partial charge in [0.05, 0.1) is 0 Å². The third-order valence-corrected chi connectivity index (χ3v) is 5.48. The molecule has 1 aliphatic carbocycles. The van der Waals surface area contributed by atoms with Crippen molar-refractivity contribution >= 4 is 0 Å². The predicted octanol–water partition coefficient (Wildman–Crippen LogP) is 4.30. The highest BCUT2D eigenvalue weighted by atomic mass is 15.1. The third-order valence-electron chi connectivity index (χ3n) is 5.48. The molecule has 20 heavy (non-hydrogen) atoms. The molecule has 0 atom stereocenters. The first-order chi connectivity index (χ1) is 9.55. The Labute approximate surface area is 128 Å². The molecule has 1 saturated heterocycles. The first kappa shape index (κ1) is 16.3. The van der Waals surface area contributed by atoms with Gasteiger partial charge in [0.2, 0.25) is 0 Å². The van der Waals surface area contributed by atoms with E-state index in [0.29, 0.717) is 5.41 Å². The topological polar surface area (TPSA) is 15.3 Å². The van der Waals surface area contributed by atoms with Crippen LogP contribution in [-0.4, -0.2) is 37.1 Å². The van der Waals surface area contributed by atoms with Crippen molar-refractivity contribution in [2.75, 3.05) is 26.2 Å². The SMILES string of the molecule is CC(C)(C)C1CCC(NCCCN2CCCCC2)CC1.[HH]. The van der Waals surface area contributed by atoms with E-state index in [2.05, 4.69) is 31.0 Å². The number of hydrogen-bond donors (Lipinski definition) is 1. The van der Waals surface area contributed by atoms with Crippen LogP contribution in [-0.2, 0) is 0 Å². The molecule has 2 nitrogen and oxygen atoms in total. The fourth-order valence-corrected chi connectivity index (χ4v) is 3.96. The Kier molecular flexibility index (Phi) is 6.35. The van der Waals surface area contributed by atoms with Crippen molar-refractivity contribution < 1.29 is 1.43 Å². The number of piperidine rings is 1. The number of rotatable bonds is 5. The maximum Gasteiger partial charge on any atom is 0.00672 e. The van der Waals surface area contributed by atoms with Gasteiger partial charge in [-0.1, -0.05) is 27.2 Å². The summed E-state index contributed by atoms with van der Waals surface area (Å²) in [6.45, 7) is 12.4. The van der Waals surface area contributed by atoms with Crippen LogP contribution in [0.1, 0.15) is 73.6 Å². The van der Waals surface area contributed by atoms with E-state index in [4.69, 9.17) is 0 Å². The Morgan fingerprint density at radius 2 is 1.65 bits per heavy atom. The molecule has 1 heterocycles. The van der Waals surface area contributed by atoms with Gasteiger partial charge in [-0.15, -0.1) is 0 Å². The Bertz CT molecular complexity index is 261. The van der Waals surface area contributed by atoms with E-state index in [-0.39, 0.29) is 1.43 Å². The van der Waals surface area contributed by atoms with Crippen molar-refractivity contribution in [1.82, 2.24) is 10.2 Å². The lowest BCUT2D eigenvalue weighted by atomic mass is 9.71. The fourth-order valence-electron chi connectivity index (χ4n) is 3.96. The summed E-state index contributed by atoms with van der Waals surface area (Å²) in [7, 11) is 0. The molecule has 0 amide bonds. The van der Waals surface area contributed by atoms with E-state index < -0.39 is 0 Å². The van der Waals surface area contributed by atoms with Crippen molar-refractivity contribution in [2.24, 2.45) is 11.3 Å². The van der Waals surface area contributed by atoms with E-state index >= 15 is 0 Å². The van der Waals surface area contributed by atoms with Crippen molar-refractivity contribution in [1.29, 1.82) is 0 Å². The van der Waals surface area contributed by atoms with Gasteiger partial charge in [-0.25, -0.2) is 0 Å². The van der Waals surface area contributed by atoms with Gasteiger partial charge in [0, 0.05) is 7.47 Å². The van der Waals surface area contributed by atoms with Gasteiger partial charge in [-0.05, 0) is 82.5 Å². The lowest BCUT2D eigenvalue weighted by molar-refractivity contribution is 0.159. The summed E-state index contributed by atoms with van der Waals surface area (Å²) < 4.78 is 0. The summed E-state index contributed by atoms with van der Waals surface area (Å²) in [6, 6.07) is 0.801. The number of likely N-dealkylation sites (tertiary alicyclic amines) is 1. The quantitative estimate of drug-likeness (QED) is 0.756. The monoisotopic (exact) mass is 282 g/mol. The standard InChI is InChI=1S/C18H36N2.H2/c1-18(2,3)16-8-10-17(11-9-16)19-12-7-15-20-13-5-4-6-14-20;/h16-17,19H,4-15H2,1-3H3;1H. The third kappa shape index (κ3) is 5.37. The second kappa shape index (κ2) is 7.79. The largest absolute Gasteiger partial charge is 0.314 e. The molecular weight excluding hydrogens is 244 g/mol. The van der Waals surface area contributed by atoms with Gasteiger partial charge < -0.3 is 10.2 Å². The van der Waals surface area contributed by atoms with Crippen LogP contribution in [0.2, 0.25) is 0 Å². The minimum absolute atomic E-state index is 0. The summed E-state index contributed by atoms with van der Waals surface area (Å²) in [6.07, 6.45) is 11.3. The highest BCUT2D eigenvalue weighted by molar-refractivity contribution is 4.83. The van der Waals surface area contributed by atoms with Crippen molar-refractivity contribution in [3.8, 4) is 0 Å². The van der Waals surface area contributed by atoms with Crippen LogP contribution in [0.4, 0.5) is 0 Å². The number of nitrogens with zero attached hydrogens (tertiary/aromatic N) is 1. The molecule has 2 fully saturated rings. The number of nitrogens with one attached hydrogen (secondary N) is 1. The molecule has 0 unspecified atom stereocenters. The van der Waals surface area contributed by atoms with Crippen molar-refractivity contribution in [3.05, 3.63) is 0 Å². The second-order valence-electron chi connectivity index (χ2n) is 8.12. The predicted molar refractivity (Wildman–Crippen MR) is 90.2 cm³/mol. The molecule has 0 spiro atoms. The maximum absolute atomic E-state index is 3.81. The summed E-state index contributed by atoms with van der Waals surface area (Å²) in [4.78, 5) is 2.65. The first-order valence-corrected chi connectivity index (χ1v) is 9.01. The van der Waals surface area contributed by atoms with Crippen LogP contribution in [0, 0.1) is 11.3 Å². The van der Waals surface area contributed by atoms with Crippen LogP contribution >= 0.6 is 0 Å².